The molecule has 0 atom stereocenters. The van der Waals surface area contributed by atoms with E-state index in [-0.39, 0.29) is 0 Å². The Morgan fingerprint density at radius 1 is 0.828 bits per heavy atom. The van der Waals surface area contributed by atoms with Crippen molar-refractivity contribution in [1.29, 1.82) is 0 Å². The molecule has 0 fully saturated rings. The topological polar surface area (TPSA) is 37.3 Å². The van der Waals surface area contributed by atoms with Crippen molar-refractivity contribution in [1.82, 2.24) is 0 Å². The minimum Gasteiger partial charge on any atom is -0.478 e. The number of aryl methyl sites for hydroxylation is 2. The molecule has 3 aromatic rings. The highest BCUT2D eigenvalue weighted by Crippen LogP contribution is 2.35. The molecule has 3 rings (SSSR count). The fourth-order valence-corrected chi connectivity index (χ4v) is 3.51. The molecule has 29 heavy (non-hydrogen) atoms. The van der Waals surface area contributed by atoms with E-state index in [0.717, 1.165) is 23.6 Å². The first-order valence-electron chi connectivity index (χ1n) is 9.87. The molecule has 3 aromatic carbocycles. The molecule has 0 aliphatic heterocycles. The standard InChI is InChI=1S/C27H26O2/c1-4-25(22-8-6-5-7-9-22)27(24-14-10-19(2)20(3)18-24)23-15-11-21(12-16-23)13-17-26(28)29/h5-18H,4H2,1-3H3,(H,28,29)/b17-13+,27-25+. The van der Waals surface area contributed by atoms with E-state index in [1.54, 1.807) is 6.08 Å². The van der Waals surface area contributed by atoms with Gasteiger partial charge in [0.05, 0.1) is 0 Å². The van der Waals surface area contributed by atoms with Gasteiger partial charge in [-0.05, 0) is 70.9 Å². The van der Waals surface area contributed by atoms with Crippen molar-refractivity contribution >= 4 is 23.2 Å². The van der Waals surface area contributed by atoms with Crippen molar-refractivity contribution in [2.45, 2.75) is 27.2 Å². The van der Waals surface area contributed by atoms with E-state index in [2.05, 4.69) is 75.4 Å². The third-order valence-corrected chi connectivity index (χ3v) is 5.19. The zero-order valence-corrected chi connectivity index (χ0v) is 17.1. The largest absolute Gasteiger partial charge is 0.478 e. The zero-order chi connectivity index (χ0) is 20.8. The lowest BCUT2D eigenvalue weighted by atomic mass is 9.87. The summed E-state index contributed by atoms with van der Waals surface area (Å²) in [5, 5.41) is 8.85. The number of allylic oxidation sites excluding steroid dienone is 1. The van der Waals surface area contributed by atoms with Gasteiger partial charge in [0.1, 0.15) is 0 Å². The highest BCUT2D eigenvalue weighted by atomic mass is 16.4. The van der Waals surface area contributed by atoms with E-state index in [1.807, 2.05) is 18.2 Å². The maximum Gasteiger partial charge on any atom is 0.328 e. The second-order valence-corrected chi connectivity index (χ2v) is 7.17. The van der Waals surface area contributed by atoms with Gasteiger partial charge in [-0.1, -0.05) is 79.7 Å². The lowest BCUT2D eigenvalue weighted by Gasteiger charge is -2.17. The van der Waals surface area contributed by atoms with E-state index >= 15 is 0 Å². The second kappa shape index (κ2) is 9.20. The molecule has 1 N–H and O–H groups in total. The summed E-state index contributed by atoms with van der Waals surface area (Å²) in [6.45, 7) is 6.46. The van der Waals surface area contributed by atoms with Crippen molar-refractivity contribution in [3.63, 3.8) is 0 Å². The fourth-order valence-electron chi connectivity index (χ4n) is 3.51. The molecule has 0 amide bonds. The molecule has 2 heteroatoms. The molecule has 0 radical (unpaired) electrons. The molecule has 0 saturated heterocycles. The Bertz CT molecular complexity index is 1060. The summed E-state index contributed by atoms with van der Waals surface area (Å²) >= 11 is 0. The molecule has 0 bridgehead atoms. The third kappa shape index (κ3) is 4.91. The van der Waals surface area contributed by atoms with Gasteiger partial charge in [0.25, 0.3) is 0 Å². The number of benzene rings is 3. The van der Waals surface area contributed by atoms with Crippen molar-refractivity contribution < 1.29 is 9.90 Å². The van der Waals surface area contributed by atoms with Gasteiger partial charge >= 0.3 is 5.97 Å². The summed E-state index contributed by atoms with van der Waals surface area (Å²) in [5.41, 5.74) is 9.47. The number of carboxylic acid groups (broad SMARTS) is 1. The number of hydrogen-bond donors (Lipinski definition) is 1. The smallest absolute Gasteiger partial charge is 0.328 e. The monoisotopic (exact) mass is 382 g/mol. The van der Waals surface area contributed by atoms with Crippen molar-refractivity contribution in [3.8, 4) is 0 Å². The SMILES string of the molecule is CC/C(=C(/c1ccc(/C=C/C(=O)O)cc1)c1ccc(C)c(C)c1)c1ccccc1. The summed E-state index contributed by atoms with van der Waals surface area (Å²) in [7, 11) is 0. The summed E-state index contributed by atoms with van der Waals surface area (Å²) < 4.78 is 0. The van der Waals surface area contributed by atoms with Gasteiger partial charge in [-0.25, -0.2) is 4.79 Å². The van der Waals surface area contributed by atoms with Crippen LogP contribution in [0.15, 0.2) is 78.9 Å². The first-order valence-corrected chi connectivity index (χ1v) is 9.87. The molecule has 2 nitrogen and oxygen atoms in total. The van der Waals surface area contributed by atoms with Crippen LogP contribution in [-0.4, -0.2) is 11.1 Å². The van der Waals surface area contributed by atoms with Crippen LogP contribution in [0.3, 0.4) is 0 Å². The predicted octanol–water partition coefficient (Wildman–Crippen LogP) is 6.77. The number of carboxylic acids is 1. The van der Waals surface area contributed by atoms with Crippen LogP contribution in [0.25, 0.3) is 17.2 Å². The van der Waals surface area contributed by atoms with E-state index in [9.17, 15) is 4.79 Å². The number of carbonyl (C=O) groups is 1. The Labute approximate surface area is 172 Å². The van der Waals surface area contributed by atoms with Gasteiger partial charge in [0.15, 0.2) is 0 Å². The van der Waals surface area contributed by atoms with Gasteiger partial charge < -0.3 is 5.11 Å². The maximum absolute atomic E-state index is 10.8. The number of hydrogen-bond acceptors (Lipinski definition) is 1. The Morgan fingerprint density at radius 3 is 2.07 bits per heavy atom. The van der Waals surface area contributed by atoms with Crippen LogP contribution in [0.5, 0.6) is 0 Å². The van der Waals surface area contributed by atoms with Crippen LogP contribution < -0.4 is 0 Å². The average Bonchev–Trinajstić information content (AvgIpc) is 2.73. The molecule has 0 saturated carbocycles. The maximum atomic E-state index is 10.8. The van der Waals surface area contributed by atoms with Gasteiger partial charge in [0, 0.05) is 6.08 Å². The molecule has 0 aromatic heterocycles. The van der Waals surface area contributed by atoms with E-state index < -0.39 is 5.97 Å². The molecule has 0 aliphatic rings. The highest BCUT2D eigenvalue weighted by molar-refractivity contribution is 5.98. The minimum absolute atomic E-state index is 0.869. The first-order chi connectivity index (χ1) is 14.0. The Balaban J connectivity index is 2.19. The van der Waals surface area contributed by atoms with E-state index in [1.165, 1.54) is 33.4 Å². The molecule has 0 spiro atoms. The summed E-state index contributed by atoms with van der Waals surface area (Å²) in [6, 6.07) is 25.2. The molecule has 0 aliphatic carbocycles. The van der Waals surface area contributed by atoms with Gasteiger partial charge in [-0.15, -0.1) is 0 Å². The third-order valence-electron chi connectivity index (χ3n) is 5.19. The number of rotatable bonds is 6. The first kappa shape index (κ1) is 20.3. The summed E-state index contributed by atoms with van der Waals surface area (Å²) in [4.78, 5) is 10.8. The van der Waals surface area contributed by atoms with Crippen LogP contribution in [-0.2, 0) is 4.79 Å². The summed E-state index contributed by atoms with van der Waals surface area (Å²) in [6.07, 6.45) is 3.69. The van der Waals surface area contributed by atoms with E-state index in [4.69, 9.17) is 5.11 Å². The highest BCUT2D eigenvalue weighted by Gasteiger charge is 2.13. The Hall–Kier alpha value is -3.39. The van der Waals surface area contributed by atoms with Crippen LogP contribution in [0.4, 0.5) is 0 Å². The van der Waals surface area contributed by atoms with Gasteiger partial charge in [-0.3, -0.25) is 0 Å². The molecule has 0 unspecified atom stereocenters. The number of aliphatic carboxylic acids is 1. The normalized spacial score (nSPS) is 12.1. The molecular formula is C27H26O2. The predicted molar refractivity (Wildman–Crippen MR) is 122 cm³/mol. The van der Waals surface area contributed by atoms with Crippen LogP contribution in [0.1, 0.15) is 46.7 Å². The van der Waals surface area contributed by atoms with Gasteiger partial charge in [-0.2, -0.15) is 0 Å². The average molecular weight is 383 g/mol. The van der Waals surface area contributed by atoms with Crippen LogP contribution in [0, 0.1) is 13.8 Å². The van der Waals surface area contributed by atoms with Crippen molar-refractivity contribution in [2.24, 2.45) is 0 Å². The zero-order valence-electron chi connectivity index (χ0n) is 17.1. The molecule has 0 heterocycles. The minimum atomic E-state index is -0.942. The Morgan fingerprint density at radius 2 is 1.48 bits per heavy atom. The van der Waals surface area contributed by atoms with Gasteiger partial charge in [0.2, 0.25) is 0 Å². The Kier molecular flexibility index (Phi) is 6.46. The second-order valence-electron chi connectivity index (χ2n) is 7.17. The lowest BCUT2D eigenvalue weighted by Crippen LogP contribution is -1.96. The molecule has 146 valence electrons. The van der Waals surface area contributed by atoms with Crippen LogP contribution in [0.2, 0.25) is 0 Å². The van der Waals surface area contributed by atoms with Crippen molar-refractivity contribution in [2.75, 3.05) is 0 Å². The van der Waals surface area contributed by atoms with Crippen molar-refractivity contribution in [3.05, 3.63) is 112 Å². The van der Waals surface area contributed by atoms with E-state index in [0.29, 0.717) is 0 Å². The lowest BCUT2D eigenvalue weighted by molar-refractivity contribution is -0.131. The summed E-state index contributed by atoms with van der Waals surface area (Å²) in [5.74, 6) is -0.942. The van der Waals surface area contributed by atoms with Crippen LogP contribution >= 0.6 is 0 Å². The molecular weight excluding hydrogens is 356 g/mol. The quantitative estimate of drug-likeness (QED) is 0.377. The fraction of sp³-hybridized carbons (Fsp3) is 0.148.